The molecule has 2 aromatic heterocycles. The third-order valence-corrected chi connectivity index (χ3v) is 5.09. The summed E-state index contributed by atoms with van der Waals surface area (Å²) in [5.41, 5.74) is 3.08. The van der Waals surface area contributed by atoms with E-state index < -0.39 is 0 Å². The minimum Gasteiger partial charge on any atom is -0.303 e. The van der Waals surface area contributed by atoms with Gasteiger partial charge < -0.3 is 4.57 Å². The van der Waals surface area contributed by atoms with Crippen molar-refractivity contribution in [1.29, 1.82) is 0 Å². The summed E-state index contributed by atoms with van der Waals surface area (Å²) in [6.45, 7) is 4.62. The fourth-order valence-corrected chi connectivity index (χ4v) is 3.69. The molecule has 0 aliphatic rings. The maximum Gasteiger partial charge on any atom is 0.307 e. The smallest absolute Gasteiger partial charge is 0.303 e. The lowest BCUT2D eigenvalue weighted by Gasteiger charge is -2.07. The Labute approximate surface area is 135 Å². The molecule has 0 saturated carbocycles. The van der Waals surface area contributed by atoms with Gasteiger partial charge in [0.25, 0.3) is 0 Å². The number of thiazole rings is 1. The number of benzene rings is 1. The van der Waals surface area contributed by atoms with Crippen molar-refractivity contribution in [3.8, 4) is 5.69 Å². The molecule has 0 spiro atoms. The van der Waals surface area contributed by atoms with Crippen molar-refractivity contribution < 1.29 is 0 Å². The van der Waals surface area contributed by atoms with Crippen LogP contribution >= 0.6 is 23.1 Å². The van der Waals surface area contributed by atoms with Gasteiger partial charge >= 0.3 is 4.87 Å². The van der Waals surface area contributed by atoms with Crippen molar-refractivity contribution in [2.24, 2.45) is 0 Å². The topological polar surface area (TPSA) is 65.6 Å². The van der Waals surface area contributed by atoms with Crippen molar-refractivity contribution in [3.63, 3.8) is 0 Å². The Bertz CT molecular complexity index is 836. The highest BCUT2D eigenvalue weighted by Crippen LogP contribution is 2.20. The first-order valence-electron chi connectivity index (χ1n) is 6.79. The first-order chi connectivity index (χ1) is 10.7. The van der Waals surface area contributed by atoms with Crippen molar-refractivity contribution >= 4 is 23.1 Å². The second-order valence-electron chi connectivity index (χ2n) is 4.80. The molecule has 3 aromatic rings. The second kappa shape index (κ2) is 6.45. The highest BCUT2D eigenvalue weighted by Gasteiger charge is 2.11. The van der Waals surface area contributed by atoms with E-state index in [0.29, 0.717) is 6.54 Å². The van der Waals surface area contributed by atoms with Crippen LogP contribution in [-0.4, -0.2) is 30.5 Å². The van der Waals surface area contributed by atoms with Gasteiger partial charge in [-0.05, 0) is 35.9 Å². The molecule has 0 bridgehead atoms. The second-order valence-corrected chi connectivity index (χ2v) is 6.69. The van der Waals surface area contributed by atoms with Crippen LogP contribution in [0.1, 0.15) is 11.3 Å². The standard InChI is InChI=1S/C14H15N5OS2/c1-10-5-3-4-6-12(10)19-13(15-16-17-19)21-8-7-18-11(2)9-22-14(18)20/h3-6,9H,7-8H2,1-2H3. The Morgan fingerprint density at radius 1 is 1.27 bits per heavy atom. The molecule has 114 valence electrons. The maximum atomic E-state index is 11.7. The molecule has 0 radical (unpaired) electrons. The van der Waals surface area contributed by atoms with Gasteiger partial charge in [-0.2, -0.15) is 4.68 Å². The van der Waals surface area contributed by atoms with Crippen LogP contribution in [0.3, 0.4) is 0 Å². The average molecular weight is 333 g/mol. The first-order valence-corrected chi connectivity index (χ1v) is 8.65. The molecule has 0 N–H and O–H groups in total. The fraction of sp³-hybridized carbons (Fsp3) is 0.286. The normalized spacial score (nSPS) is 11.0. The van der Waals surface area contributed by atoms with Crippen LogP contribution in [0.2, 0.25) is 0 Å². The summed E-state index contributed by atoms with van der Waals surface area (Å²) < 4.78 is 3.52. The summed E-state index contributed by atoms with van der Waals surface area (Å²) in [6.07, 6.45) is 0. The number of para-hydroxylation sites is 1. The van der Waals surface area contributed by atoms with Crippen molar-refractivity contribution in [3.05, 3.63) is 50.6 Å². The number of hydrogen-bond donors (Lipinski definition) is 0. The molecule has 3 rings (SSSR count). The van der Waals surface area contributed by atoms with E-state index in [1.807, 2.05) is 43.5 Å². The van der Waals surface area contributed by atoms with Crippen molar-refractivity contribution in [2.75, 3.05) is 5.75 Å². The lowest BCUT2D eigenvalue weighted by atomic mass is 10.2. The van der Waals surface area contributed by atoms with Crippen LogP contribution in [0.15, 0.2) is 39.6 Å². The summed E-state index contributed by atoms with van der Waals surface area (Å²) in [5, 5.41) is 14.5. The third kappa shape index (κ3) is 2.97. The third-order valence-electron chi connectivity index (χ3n) is 3.31. The van der Waals surface area contributed by atoms with Crippen LogP contribution in [-0.2, 0) is 6.54 Å². The first kappa shape index (κ1) is 15.0. The van der Waals surface area contributed by atoms with E-state index in [4.69, 9.17) is 0 Å². The zero-order valence-electron chi connectivity index (χ0n) is 12.3. The van der Waals surface area contributed by atoms with Gasteiger partial charge in [-0.3, -0.25) is 4.79 Å². The van der Waals surface area contributed by atoms with Gasteiger partial charge in [-0.1, -0.05) is 41.3 Å². The average Bonchev–Trinajstić information content (AvgIpc) is 3.09. The van der Waals surface area contributed by atoms with E-state index in [-0.39, 0.29) is 4.87 Å². The largest absolute Gasteiger partial charge is 0.307 e. The van der Waals surface area contributed by atoms with Crippen LogP contribution < -0.4 is 4.87 Å². The van der Waals surface area contributed by atoms with Crippen LogP contribution in [0.5, 0.6) is 0 Å². The predicted molar refractivity (Wildman–Crippen MR) is 87.9 cm³/mol. The minimum atomic E-state index is 0.0802. The SMILES string of the molecule is Cc1ccccc1-n1nnnc1SCCn1c(C)csc1=O. The van der Waals surface area contributed by atoms with E-state index in [0.717, 1.165) is 27.9 Å². The molecular weight excluding hydrogens is 318 g/mol. The van der Waals surface area contributed by atoms with Gasteiger partial charge in [-0.15, -0.1) is 5.10 Å². The summed E-state index contributed by atoms with van der Waals surface area (Å²) >= 11 is 2.78. The molecule has 6 nitrogen and oxygen atoms in total. The number of rotatable bonds is 5. The number of thioether (sulfide) groups is 1. The van der Waals surface area contributed by atoms with Gasteiger partial charge in [0.05, 0.1) is 5.69 Å². The maximum absolute atomic E-state index is 11.7. The predicted octanol–water partition coefficient (Wildman–Crippen LogP) is 2.29. The van der Waals surface area contributed by atoms with Crippen LogP contribution in [0.25, 0.3) is 5.69 Å². The van der Waals surface area contributed by atoms with E-state index in [1.165, 1.54) is 11.3 Å². The lowest BCUT2D eigenvalue weighted by Crippen LogP contribution is -2.16. The molecular formula is C14H15N5OS2. The van der Waals surface area contributed by atoms with E-state index in [2.05, 4.69) is 15.5 Å². The molecule has 0 amide bonds. The Morgan fingerprint density at radius 2 is 2.09 bits per heavy atom. The monoisotopic (exact) mass is 333 g/mol. The molecule has 0 unspecified atom stereocenters. The van der Waals surface area contributed by atoms with E-state index >= 15 is 0 Å². The van der Waals surface area contributed by atoms with E-state index in [1.54, 1.807) is 21.0 Å². The Balaban J connectivity index is 1.74. The molecule has 0 atom stereocenters. The lowest BCUT2D eigenvalue weighted by molar-refractivity contribution is 0.724. The fourth-order valence-electron chi connectivity index (χ4n) is 2.12. The zero-order chi connectivity index (χ0) is 15.5. The molecule has 8 heteroatoms. The Morgan fingerprint density at radius 3 is 2.82 bits per heavy atom. The van der Waals surface area contributed by atoms with Crippen LogP contribution in [0, 0.1) is 13.8 Å². The highest BCUT2D eigenvalue weighted by molar-refractivity contribution is 7.99. The molecule has 0 aliphatic heterocycles. The molecule has 0 aliphatic carbocycles. The molecule has 0 saturated heterocycles. The summed E-state index contributed by atoms with van der Waals surface area (Å²) in [4.78, 5) is 11.8. The van der Waals surface area contributed by atoms with Gasteiger partial charge in [0, 0.05) is 23.4 Å². The molecule has 2 heterocycles. The Hall–Kier alpha value is -1.93. The number of hydrogen-bond acceptors (Lipinski definition) is 6. The van der Waals surface area contributed by atoms with Crippen molar-refractivity contribution in [1.82, 2.24) is 24.8 Å². The summed E-state index contributed by atoms with van der Waals surface area (Å²) in [5.74, 6) is 0.740. The molecule has 22 heavy (non-hydrogen) atoms. The van der Waals surface area contributed by atoms with Crippen LogP contribution in [0.4, 0.5) is 0 Å². The van der Waals surface area contributed by atoms with Gasteiger partial charge in [0.2, 0.25) is 5.16 Å². The van der Waals surface area contributed by atoms with E-state index in [9.17, 15) is 4.79 Å². The number of aromatic nitrogens is 5. The summed E-state index contributed by atoms with van der Waals surface area (Å²) in [6, 6.07) is 7.97. The van der Waals surface area contributed by atoms with Crippen molar-refractivity contribution in [2.45, 2.75) is 25.5 Å². The number of nitrogens with zero attached hydrogens (tertiary/aromatic N) is 5. The number of tetrazole rings is 1. The summed E-state index contributed by atoms with van der Waals surface area (Å²) in [7, 11) is 0. The molecule has 1 aromatic carbocycles. The number of aryl methyl sites for hydroxylation is 2. The molecule has 0 fully saturated rings. The minimum absolute atomic E-state index is 0.0802. The van der Waals surface area contributed by atoms with Gasteiger partial charge in [0.1, 0.15) is 0 Å². The Kier molecular flexibility index (Phi) is 4.39. The zero-order valence-corrected chi connectivity index (χ0v) is 13.9. The van der Waals surface area contributed by atoms with Gasteiger partial charge in [-0.25, -0.2) is 0 Å². The van der Waals surface area contributed by atoms with Gasteiger partial charge in [0.15, 0.2) is 0 Å². The highest BCUT2D eigenvalue weighted by atomic mass is 32.2. The quantitative estimate of drug-likeness (QED) is 0.670.